The highest BCUT2D eigenvalue weighted by Gasteiger charge is 2.49. The van der Waals surface area contributed by atoms with Crippen molar-refractivity contribution in [2.75, 3.05) is 87.7 Å². The van der Waals surface area contributed by atoms with Crippen LogP contribution in [-0.2, 0) is 40.1 Å². The van der Waals surface area contributed by atoms with Gasteiger partial charge in [-0.15, -0.1) is 0 Å². The number of carbonyl (C=O) groups excluding carboxylic acids is 10. The van der Waals surface area contributed by atoms with E-state index in [-0.39, 0.29) is 153 Å². The van der Waals surface area contributed by atoms with E-state index in [1.165, 1.54) is 71.2 Å². The minimum atomic E-state index is -1.60. The van der Waals surface area contributed by atoms with E-state index in [0.29, 0.717) is 61.1 Å². The molecule has 2 saturated heterocycles. The van der Waals surface area contributed by atoms with Crippen LogP contribution in [0.1, 0.15) is 136 Å². The van der Waals surface area contributed by atoms with E-state index in [4.69, 9.17) is 34.2 Å². The number of methoxy groups -OCH3 is 2. The number of primary amides is 1. The third-order valence-electron chi connectivity index (χ3n) is 18.6. The zero-order chi connectivity index (χ0) is 73.4. The molecule has 0 radical (unpaired) electrons. The van der Waals surface area contributed by atoms with Gasteiger partial charge < -0.3 is 80.5 Å². The van der Waals surface area contributed by atoms with Gasteiger partial charge in [-0.05, 0) is 106 Å². The summed E-state index contributed by atoms with van der Waals surface area (Å²) in [5.74, 6) is -2.39. The molecular weight excluding hydrogens is 1360 g/mol. The van der Waals surface area contributed by atoms with Gasteiger partial charge in [-0.1, -0.05) is 91.1 Å². The summed E-state index contributed by atoms with van der Waals surface area (Å²) in [4.78, 5) is 140. The Hall–Kier alpha value is -9.04. The highest BCUT2D eigenvalue weighted by atomic mass is 33.1. The Kier molecular flexibility index (Phi) is 27.0. The van der Waals surface area contributed by atoms with Crippen LogP contribution in [0, 0.1) is 5.92 Å². The molecule has 552 valence electrons. The van der Waals surface area contributed by atoms with Gasteiger partial charge in [0, 0.05) is 68.3 Å². The van der Waals surface area contributed by atoms with E-state index in [9.17, 15) is 63.3 Å². The number of imide groups is 1. The summed E-state index contributed by atoms with van der Waals surface area (Å²) >= 11 is 0. The summed E-state index contributed by atoms with van der Waals surface area (Å²) in [5, 5.41) is 44.3. The number of hydrogen-bond acceptors (Lipinski definition) is 21. The Morgan fingerprint density at radius 1 is 0.696 bits per heavy atom. The van der Waals surface area contributed by atoms with Crippen LogP contribution in [0.5, 0.6) is 23.0 Å². The average molecular weight is 1450 g/mol. The number of aliphatic hydroxyl groups is 3. The molecule has 102 heavy (non-hydrogen) atoms. The number of rotatable bonds is 34. The maximum Gasteiger partial charge on any atom is 0.416 e. The fourth-order valence-electron chi connectivity index (χ4n) is 13.2. The number of nitrogens with two attached hydrogens (primary N) is 1. The number of ether oxygens (including phenoxy) is 6. The van der Waals surface area contributed by atoms with E-state index < -0.39 is 90.3 Å². The van der Waals surface area contributed by atoms with Gasteiger partial charge in [-0.25, -0.2) is 24.2 Å². The van der Waals surface area contributed by atoms with Gasteiger partial charge in [-0.2, -0.15) is 0 Å². The lowest BCUT2D eigenvalue weighted by molar-refractivity contribution is -0.137. The smallest absolute Gasteiger partial charge is 0.416 e. The molecule has 3 fully saturated rings. The van der Waals surface area contributed by atoms with Crippen molar-refractivity contribution in [3.63, 3.8) is 0 Å². The molecule has 9 rings (SSSR count). The number of nitrogens with zero attached hydrogens (tertiary/aromatic N) is 5. The van der Waals surface area contributed by atoms with Crippen molar-refractivity contribution in [2.45, 2.75) is 158 Å². The van der Waals surface area contributed by atoms with Crippen molar-refractivity contribution in [1.29, 1.82) is 0 Å². The summed E-state index contributed by atoms with van der Waals surface area (Å²) in [5.41, 5.74) is 7.66. The monoisotopic (exact) mass is 1450 g/mol. The van der Waals surface area contributed by atoms with Crippen LogP contribution >= 0.6 is 21.6 Å². The number of fused-ring (bicyclic) bond motifs is 4. The first-order valence-electron chi connectivity index (χ1n) is 34.4. The lowest BCUT2D eigenvalue weighted by Crippen LogP contribution is -2.54. The molecule has 1 aliphatic carbocycles. The molecule has 0 aromatic heterocycles. The van der Waals surface area contributed by atoms with Crippen LogP contribution in [0.15, 0.2) is 85.0 Å². The van der Waals surface area contributed by atoms with Crippen LogP contribution in [0.4, 0.5) is 31.4 Å². The Labute approximate surface area is 599 Å². The number of hydrogen-bond donors (Lipinski definition) is 8. The van der Waals surface area contributed by atoms with Crippen molar-refractivity contribution in [2.24, 2.45) is 11.7 Å². The van der Waals surface area contributed by atoms with Gasteiger partial charge in [0.15, 0.2) is 35.5 Å². The van der Waals surface area contributed by atoms with E-state index in [1.807, 2.05) is 0 Å². The Balaban J connectivity index is 0.814. The number of urea groups is 1. The molecule has 3 aromatic rings. The quantitative estimate of drug-likeness (QED) is 0.0132. The van der Waals surface area contributed by atoms with Crippen molar-refractivity contribution in [1.82, 2.24) is 30.7 Å². The molecule has 6 aliphatic rings. The number of benzene rings is 3. The summed E-state index contributed by atoms with van der Waals surface area (Å²) < 4.78 is 35.5. The van der Waals surface area contributed by atoms with Crippen LogP contribution in [0.3, 0.4) is 0 Å². The number of unbranched alkanes of at least 4 members (excludes halogenated alkanes) is 4. The third kappa shape index (κ3) is 19.0. The molecule has 1 saturated carbocycles. The Morgan fingerprint density at radius 2 is 1.25 bits per heavy atom. The highest BCUT2D eigenvalue weighted by molar-refractivity contribution is 8.77. The van der Waals surface area contributed by atoms with Gasteiger partial charge in [0.05, 0.1) is 73.4 Å². The van der Waals surface area contributed by atoms with E-state index >= 15 is 0 Å². The molecule has 2 unspecified atom stereocenters. The second kappa shape index (κ2) is 35.7. The minimum absolute atomic E-state index is 0.00146. The number of aliphatic hydroxyl groups excluding tert-OH is 3. The molecule has 9 N–H and O–H groups in total. The molecular formula is C71H92N10O19S2. The first-order valence-corrected chi connectivity index (χ1v) is 36.7. The normalized spacial score (nSPS) is 19.5. The predicted molar refractivity (Wildman–Crippen MR) is 380 cm³/mol. The van der Waals surface area contributed by atoms with Crippen LogP contribution in [0.25, 0.3) is 0 Å². The van der Waals surface area contributed by atoms with Gasteiger partial charge in [0.1, 0.15) is 25.3 Å². The van der Waals surface area contributed by atoms with Crippen molar-refractivity contribution < 1.29 is 91.7 Å². The Morgan fingerprint density at radius 3 is 1.77 bits per heavy atom. The fraction of sp³-hybridized carbons (Fsp3) is 0.521. The van der Waals surface area contributed by atoms with Crippen LogP contribution in [-0.4, -0.2) is 204 Å². The van der Waals surface area contributed by atoms with E-state index in [0.717, 1.165) is 46.0 Å². The molecule has 5 heterocycles. The number of carbonyl (C=O) groups is 10. The average Bonchev–Trinajstić information content (AvgIpc) is 1.59. The summed E-state index contributed by atoms with van der Waals surface area (Å²) in [6.07, 6.45) is 4.90. The predicted octanol–water partition coefficient (Wildman–Crippen LogP) is 6.81. The summed E-state index contributed by atoms with van der Waals surface area (Å²) in [6.45, 7) is 12.3. The number of nitrogens with one attached hydrogen (secondary N) is 4. The van der Waals surface area contributed by atoms with Crippen molar-refractivity contribution in [3.05, 3.63) is 102 Å². The second-order valence-electron chi connectivity index (χ2n) is 26.3. The van der Waals surface area contributed by atoms with E-state index in [2.05, 4.69) is 34.4 Å². The van der Waals surface area contributed by atoms with Crippen molar-refractivity contribution >= 4 is 98.2 Å². The van der Waals surface area contributed by atoms with Gasteiger partial charge >= 0.3 is 18.2 Å². The largest absolute Gasteiger partial charge is 0.493 e. The van der Waals surface area contributed by atoms with Gasteiger partial charge in [0.2, 0.25) is 17.7 Å². The lowest BCUT2D eigenvalue weighted by atomic mass is 10.0. The van der Waals surface area contributed by atoms with Crippen molar-refractivity contribution in [3.8, 4) is 23.0 Å². The summed E-state index contributed by atoms with van der Waals surface area (Å²) in [6, 6.07) is 7.59. The third-order valence-corrected chi connectivity index (χ3v) is 21.8. The molecule has 6 atom stereocenters. The van der Waals surface area contributed by atoms with Crippen LogP contribution in [0.2, 0.25) is 0 Å². The fourth-order valence-corrected chi connectivity index (χ4v) is 16.0. The topological polar surface area (TPSA) is 377 Å². The second-order valence-corrected chi connectivity index (χ2v) is 29.2. The number of amides is 11. The molecule has 0 bridgehead atoms. The highest BCUT2D eigenvalue weighted by Crippen LogP contribution is 2.49. The summed E-state index contributed by atoms with van der Waals surface area (Å²) in [7, 11) is 5.96. The molecule has 0 spiro atoms. The zero-order valence-electron chi connectivity index (χ0n) is 57.9. The first-order chi connectivity index (χ1) is 48.9. The first kappa shape index (κ1) is 77.1. The molecule has 5 aliphatic heterocycles. The molecule has 3 aromatic carbocycles. The van der Waals surface area contributed by atoms with Gasteiger partial charge in [0.25, 0.3) is 23.6 Å². The molecule has 31 heteroatoms. The molecule has 11 amide bonds. The SMILES string of the molecule is C=C1C[C@H]2C(O)N(C(=O)OCc3ccc(NC(=O)[C@H](CCCNC(N)=O)NC(=O)[C@@H](NC(=O)CCCCCN4C(=O)C=CC4=O)C(C)C)cc3)c3cc(OCCCCCOc4cc5c(cc4OC)C(=O)N4CC(=C)C[C@H]4C(O)N5C(=O)OCC4(SSCCO)CCCC4)c(OC)cc3C(=O)N2C1. The molecule has 29 nitrogen and oxygen atoms in total. The number of anilines is 3. The Bertz CT molecular complexity index is 3640. The van der Waals surface area contributed by atoms with Gasteiger partial charge in [-0.3, -0.25) is 38.5 Å². The lowest BCUT2D eigenvalue weighted by Gasteiger charge is -2.33. The standard InChI is InChI=1S/C71H92N10O19S2/c1-42(2)61(76-58(83)17-9-7-12-27-77-59(84)22-23-60(77)85)63(87)75-49(16-15-26-73-68(72)92)62(86)74-46-20-18-45(19-21-46)40-99-69(93)80-50-36-56(54(95-5)34-47(50)64(88)78-38-43(3)32-52(78)66(80)90)97-29-13-8-14-30-98-57-37-51-48(35-55(57)96-6)65(89)79-39-44(4)33-53(79)67(91)81(51)70(94)100-41-71(24-10-11-25-71)102-101-31-28-82/h18-23,34-37,42,49,52-53,61,66-67,82,90-91H,3-4,7-17,24-33,38-41H2,1-2,5-6H3,(H,74,86)(H,75,87)(H,76,83)(H3,72,73,92)/t49-,52-,53-,61-,66?,67?/m0/s1. The zero-order valence-corrected chi connectivity index (χ0v) is 59.5. The van der Waals surface area contributed by atoms with Crippen LogP contribution < -0.4 is 55.7 Å². The maximum absolute atomic E-state index is 14.4. The minimum Gasteiger partial charge on any atom is -0.493 e. The maximum atomic E-state index is 14.4. The van der Waals surface area contributed by atoms with E-state index in [1.54, 1.807) is 48.9 Å².